The Balaban J connectivity index is 0.00000150. The van der Waals surface area contributed by atoms with Gasteiger partial charge in [-0.05, 0) is 56.0 Å². The number of aromatic amines is 1. The van der Waals surface area contributed by atoms with E-state index in [1.54, 1.807) is 12.4 Å². The zero-order chi connectivity index (χ0) is 18.6. The van der Waals surface area contributed by atoms with Crippen LogP contribution in [0, 0.1) is 12.8 Å². The first-order valence-corrected chi connectivity index (χ1v) is 9.25. The van der Waals surface area contributed by atoms with Crippen LogP contribution in [0.5, 0.6) is 0 Å². The van der Waals surface area contributed by atoms with E-state index in [2.05, 4.69) is 25.6 Å². The van der Waals surface area contributed by atoms with E-state index in [1.165, 1.54) is 12.0 Å². The van der Waals surface area contributed by atoms with E-state index < -0.39 is 0 Å². The van der Waals surface area contributed by atoms with Gasteiger partial charge in [0.2, 0.25) is 5.95 Å². The lowest BCUT2D eigenvalue weighted by atomic mass is 9.99. The molecule has 3 N–H and O–H groups in total. The molecule has 1 unspecified atom stereocenters. The molecule has 1 aliphatic rings. The molecular formula is C21H25Cl2N5O. The Labute approximate surface area is 182 Å². The van der Waals surface area contributed by atoms with Gasteiger partial charge in [-0.15, -0.1) is 24.8 Å². The summed E-state index contributed by atoms with van der Waals surface area (Å²) in [6.07, 6.45) is 7.28. The van der Waals surface area contributed by atoms with Crippen molar-refractivity contribution in [2.45, 2.75) is 19.8 Å². The van der Waals surface area contributed by atoms with Crippen molar-refractivity contribution >= 4 is 36.7 Å². The van der Waals surface area contributed by atoms with Crippen LogP contribution in [-0.4, -0.2) is 33.9 Å². The molecule has 2 aromatic heterocycles. The number of carbonyl (C=O) groups is 1. The number of carbonyl (C=O) groups excluding carboxylic acids is 1. The predicted molar refractivity (Wildman–Crippen MR) is 120 cm³/mol. The summed E-state index contributed by atoms with van der Waals surface area (Å²) in [6, 6.07) is 10.1. The van der Waals surface area contributed by atoms with Crippen LogP contribution in [0.15, 0.2) is 48.9 Å². The summed E-state index contributed by atoms with van der Waals surface area (Å²) in [5.74, 6) is 0.840. The minimum Gasteiger partial charge on any atom is -0.324 e. The van der Waals surface area contributed by atoms with Crippen LogP contribution in [0.2, 0.25) is 0 Å². The smallest absolute Gasteiger partial charge is 0.259 e. The van der Waals surface area contributed by atoms with Gasteiger partial charge in [-0.25, -0.2) is 4.98 Å². The third kappa shape index (κ3) is 5.79. The Morgan fingerprint density at radius 2 is 1.97 bits per heavy atom. The molecule has 1 amide bonds. The minimum absolute atomic E-state index is 0. The molecule has 8 heteroatoms. The van der Waals surface area contributed by atoms with Gasteiger partial charge in [0, 0.05) is 12.4 Å². The second kappa shape index (κ2) is 10.4. The highest BCUT2D eigenvalue weighted by molar-refractivity contribution is 6.03. The second-order valence-electron chi connectivity index (χ2n) is 7.11. The summed E-state index contributed by atoms with van der Waals surface area (Å²) in [6.45, 7) is 4.15. The Morgan fingerprint density at radius 3 is 2.69 bits per heavy atom. The van der Waals surface area contributed by atoms with Crippen molar-refractivity contribution in [3.63, 3.8) is 0 Å². The molecule has 0 spiro atoms. The number of aromatic nitrogens is 3. The number of halogens is 2. The van der Waals surface area contributed by atoms with Gasteiger partial charge in [-0.1, -0.05) is 29.8 Å². The summed E-state index contributed by atoms with van der Waals surface area (Å²) < 4.78 is 0. The lowest BCUT2D eigenvalue weighted by molar-refractivity contribution is 0.102. The maximum Gasteiger partial charge on any atom is 0.259 e. The van der Waals surface area contributed by atoms with E-state index in [-0.39, 0.29) is 30.7 Å². The number of nitrogens with one attached hydrogen (secondary N) is 3. The predicted octanol–water partition coefficient (Wildman–Crippen LogP) is 4.03. The van der Waals surface area contributed by atoms with Crippen molar-refractivity contribution in [3.05, 3.63) is 65.6 Å². The van der Waals surface area contributed by atoms with Crippen molar-refractivity contribution in [1.29, 1.82) is 0 Å². The van der Waals surface area contributed by atoms with Gasteiger partial charge in [0.15, 0.2) is 0 Å². The van der Waals surface area contributed by atoms with Gasteiger partial charge in [0.25, 0.3) is 5.91 Å². The maximum absolute atomic E-state index is 12.6. The first kappa shape index (κ1) is 22.9. The molecule has 4 rings (SSSR count). The van der Waals surface area contributed by atoms with Crippen molar-refractivity contribution in [3.8, 4) is 11.3 Å². The van der Waals surface area contributed by atoms with Gasteiger partial charge < -0.3 is 10.3 Å². The van der Waals surface area contributed by atoms with Crippen LogP contribution in [0.3, 0.4) is 0 Å². The van der Waals surface area contributed by atoms with Crippen LogP contribution in [0.1, 0.15) is 27.9 Å². The molecule has 154 valence electrons. The SMILES string of the molecule is Cc1ccc(-c2cnc(NC(=O)c3cncc(CC4CCNC4)c3)[nH]2)cc1.Cl.Cl. The van der Waals surface area contributed by atoms with E-state index in [4.69, 9.17) is 0 Å². The van der Waals surface area contributed by atoms with Gasteiger partial charge >= 0.3 is 0 Å². The lowest BCUT2D eigenvalue weighted by Crippen LogP contribution is -2.15. The zero-order valence-electron chi connectivity index (χ0n) is 16.1. The average Bonchev–Trinajstić information content (AvgIpc) is 3.35. The van der Waals surface area contributed by atoms with E-state index >= 15 is 0 Å². The molecule has 1 saturated heterocycles. The number of aryl methyl sites for hydroxylation is 1. The van der Waals surface area contributed by atoms with Crippen LogP contribution >= 0.6 is 24.8 Å². The molecule has 3 heterocycles. The number of pyridine rings is 1. The number of anilines is 1. The number of imidazole rings is 1. The number of benzene rings is 1. The first-order chi connectivity index (χ1) is 13.2. The summed E-state index contributed by atoms with van der Waals surface area (Å²) >= 11 is 0. The molecule has 1 aromatic carbocycles. The Morgan fingerprint density at radius 1 is 1.17 bits per heavy atom. The summed E-state index contributed by atoms with van der Waals surface area (Å²) in [5, 5.41) is 6.19. The number of hydrogen-bond acceptors (Lipinski definition) is 4. The normalized spacial score (nSPS) is 15.3. The molecule has 0 aliphatic carbocycles. The topological polar surface area (TPSA) is 82.7 Å². The fourth-order valence-electron chi connectivity index (χ4n) is 3.39. The van der Waals surface area contributed by atoms with Crippen molar-refractivity contribution in [2.75, 3.05) is 18.4 Å². The molecule has 1 atom stereocenters. The van der Waals surface area contributed by atoms with Gasteiger partial charge in [0.1, 0.15) is 0 Å². The molecular weight excluding hydrogens is 409 g/mol. The zero-order valence-corrected chi connectivity index (χ0v) is 17.8. The fourth-order valence-corrected chi connectivity index (χ4v) is 3.39. The standard InChI is InChI=1S/C21H23N5O.2ClH/c1-14-2-4-17(5-3-14)19-13-24-21(25-19)26-20(27)18-9-16(11-23-12-18)8-15-6-7-22-10-15;;/h2-5,9,11-13,15,22H,6-8,10H2,1H3,(H2,24,25,26,27);2*1H. The summed E-state index contributed by atoms with van der Waals surface area (Å²) in [4.78, 5) is 24.2. The van der Waals surface area contributed by atoms with Crippen LogP contribution in [0.25, 0.3) is 11.3 Å². The fraction of sp³-hybridized carbons (Fsp3) is 0.286. The Kier molecular flexibility index (Phi) is 8.20. The van der Waals surface area contributed by atoms with Crippen LogP contribution in [-0.2, 0) is 6.42 Å². The quantitative estimate of drug-likeness (QED) is 0.566. The molecule has 0 radical (unpaired) electrons. The number of amides is 1. The van der Waals surface area contributed by atoms with Crippen LogP contribution < -0.4 is 10.6 Å². The summed E-state index contributed by atoms with van der Waals surface area (Å²) in [5.41, 5.74) is 4.74. The molecule has 29 heavy (non-hydrogen) atoms. The summed E-state index contributed by atoms with van der Waals surface area (Å²) in [7, 11) is 0. The average molecular weight is 434 g/mol. The second-order valence-corrected chi connectivity index (χ2v) is 7.11. The highest BCUT2D eigenvalue weighted by Gasteiger charge is 2.16. The molecule has 1 fully saturated rings. The van der Waals surface area contributed by atoms with E-state index in [0.29, 0.717) is 17.4 Å². The monoisotopic (exact) mass is 433 g/mol. The van der Waals surface area contributed by atoms with Crippen molar-refractivity contribution in [1.82, 2.24) is 20.3 Å². The molecule has 0 saturated carbocycles. The Hall–Kier alpha value is -2.41. The molecule has 1 aliphatic heterocycles. The first-order valence-electron chi connectivity index (χ1n) is 9.25. The van der Waals surface area contributed by atoms with Gasteiger partial charge in [-0.2, -0.15) is 0 Å². The highest BCUT2D eigenvalue weighted by atomic mass is 35.5. The number of H-pyrrole nitrogens is 1. The van der Waals surface area contributed by atoms with Crippen molar-refractivity contribution in [2.24, 2.45) is 5.92 Å². The number of nitrogens with zero attached hydrogens (tertiary/aromatic N) is 2. The molecule has 3 aromatic rings. The largest absolute Gasteiger partial charge is 0.324 e. The molecule has 6 nitrogen and oxygen atoms in total. The van der Waals surface area contributed by atoms with E-state index in [0.717, 1.165) is 36.3 Å². The molecule has 0 bridgehead atoms. The van der Waals surface area contributed by atoms with Crippen molar-refractivity contribution < 1.29 is 4.79 Å². The van der Waals surface area contributed by atoms with Crippen LogP contribution in [0.4, 0.5) is 5.95 Å². The third-order valence-electron chi connectivity index (χ3n) is 4.91. The maximum atomic E-state index is 12.6. The van der Waals surface area contributed by atoms with Gasteiger partial charge in [0.05, 0.1) is 17.5 Å². The van der Waals surface area contributed by atoms with Gasteiger partial charge in [-0.3, -0.25) is 15.1 Å². The Bertz CT molecular complexity index is 936. The minimum atomic E-state index is -0.210. The number of hydrogen-bond donors (Lipinski definition) is 3. The highest BCUT2D eigenvalue weighted by Crippen LogP contribution is 2.20. The third-order valence-corrected chi connectivity index (χ3v) is 4.91. The number of rotatable bonds is 5. The van der Waals surface area contributed by atoms with E-state index in [9.17, 15) is 4.79 Å². The van der Waals surface area contributed by atoms with E-state index in [1.807, 2.05) is 43.5 Å². The lowest BCUT2D eigenvalue weighted by Gasteiger charge is -2.09.